The number of sulfonamides is 1. The summed E-state index contributed by atoms with van der Waals surface area (Å²) in [4.78, 5) is 14.4. The lowest BCUT2D eigenvalue weighted by molar-refractivity contribution is 0.0697. The number of hydrogen-bond acceptors (Lipinski definition) is 3. The van der Waals surface area contributed by atoms with Gasteiger partial charge >= 0.3 is 0 Å². The number of amides is 1. The van der Waals surface area contributed by atoms with E-state index in [4.69, 9.17) is 11.6 Å². The molecule has 0 spiro atoms. The molecule has 0 bridgehead atoms. The predicted molar refractivity (Wildman–Crippen MR) is 103 cm³/mol. The van der Waals surface area contributed by atoms with Gasteiger partial charge in [-0.2, -0.15) is 0 Å². The second kappa shape index (κ2) is 7.86. The van der Waals surface area contributed by atoms with Crippen LogP contribution in [-0.2, 0) is 10.0 Å². The summed E-state index contributed by atoms with van der Waals surface area (Å²) in [6, 6.07) is 8.96. The van der Waals surface area contributed by atoms with Gasteiger partial charge in [0.1, 0.15) is 5.82 Å². The Morgan fingerprint density at radius 3 is 2.41 bits per heavy atom. The van der Waals surface area contributed by atoms with Crippen LogP contribution >= 0.6 is 11.6 Å². The third-order valence-corrected chi connectivity index (χ3v) is 6.36. The summed E-state index contributed by atoms with van der Waals surface area (Å²) >= 11 is 6.11. The summed E-state index contributed by atoms with van der Waals surface area (Å²) in [7, 11) is -3.95. The fourth-order valence-corrected chi connectivity index (χ4v) is 4.24. The molecule has 1 heterocycles. The maximum absolute atomic E-state index is 13.0. The lowest BCUT2D eigenvalue weighted by atomic mass is 9.98. The molecular weight excluding hydrogens is 391 g/mol. The summed E-state index contributed by atoms with van der Waals surface area (Å²) in [6.07, 6.45) is 1.90. The minimum atomic E-state index is -3.95. The Bertz CT molecular complexity index is 940. The SMILES string of the molecule is CC1CCN(C(=O)c2ccc(Cl)c(NS(=O)(=O)c3ccc(F)cc3)c2)CC1. The van der Waals surface area contributed by atoms with E-state index >= 15 is 0 Å². The highest BCUT2D eigenvalue weighted by atomic mass is 35.5. The molecule has 0 atom stereocenters. The van der Waals surface area contributed by atoms with E-state index in [9.17, 15) is 17.6 Å². The first-order valence-corrected chi connectivity index (χ1v) is 10.5. The number of rotatable bonds is 4. The van der Waals surface area contributed by atoms with E-state index in [2.05, 4.69) is 11.6 Å². The third-order valence-electron chi connectivity index (χ3n) is 4.65. The minimum absolute atomic E-state index is 0.0956. The summed E-state index contributed by atoms with van der Waals surface area (Å²) in [5.74, 6) is -0.0893. The van der Waals surface area contributed by atoms with Crippen molar-refractivity contribution >= 4 is 33.2 Å². The molecule has 0 saturated carbocycles. The van der Waals surface area contributed by atoms with Gasteiger partial charge in [-0.05, 0) is 61.2 Å². The monoisotopic (exact) mass is 410 g/mol. The van der Waals surface area contributed by atoms with Crippen molar-refractivity contribution in [3.8, 4) is 0 Å². The van der Waals surface area contributed by atoms with Gasteiger partial charge in [-0.3, -0.25) is 9.52 Å². The molecule has 8 heteroatoms. The molecule has 1 aliphatic heterocycles. The summed E-state index contributed by atoms with van der Waals surface area (Å²) in [5, 5.41) is 0.171. The van der Waals surface area contributed by atoms with Crippen LogP contribution in [0.5, 0.6) is 0 Å². The normalized spacial score (nSPS) is 15.6. The van der Waals surface area contributed by atoms with Crippen LogP contribution in [0.1, 0.15) is 30.1 Å². The van der Waals surface area contributed by atoms with Crippen molar-refractivity contribution in [1.29, 1.82) is 0 Å². The largest absolute Gasteiger partial charge is 0.339 e. The van der Waals surface area contributed by atoms with E-state index in [1.54, 1.807) is 11.0 Å². The molecule has 3 rings (SSSR count). The van der Waals surface area contributed by atoms with Crippen molar-refractivity contribution in [1.82, 2.24) is 4.90 Å². The molecule has 2 aromatic rings. The number of anilines is 1. The zero-order valence-electron chi connectivity index (χ0n) is 14.8. The Kier molecular flexibility index (Phi) is 5.72. The van der Waals surface area contributed by atoms with Gasteiger partial charge in [0.05, 0.1) is 15.6 Å². The standard InChI is InChI=1S/C19H20ClFN2O3S/c1-13-8-10-23(11-9-13)19(24)14-2-7-17(20)18(12-14)22-27(25,26)16-5-3-15(21)4-6-16/h2-7,12-13,22H,8-11H2,1H3. The van der Waals surface area contributed by atoms with Crippen LogP contribution in [0.25, 0.3) is 0 Å². The first-order chi connectivity index (χ1) is 12.8. The number of benzene rings is 2. The highest BCUT2D eigenvalue weighted by Crippen LogP contribution is 2.27. The van der Waals surface area contributed by atoms with Gasteiger partial charge in [0.25, 0.3) is 15.9 Å². The van der Waals surface area contributed by atoms with Crippen molar-refractivity contribution in [3.63, 3.8) is 0 Å². The van der Waals surface area contributed by atoms with Gasteiger partial charge in [-0.15, -0.1) is 0 Å². The van der Waals surface area contributed by atoms with Gasteiger partial charge in [0, 0.05) is 18.7 Å². The van der Waals surface area contributed by atoms with Crippen LogP contribution in [0.15, 0.2) is 47.4 Å². The Labute approximate surface area is 163 Å². The number of piperidine rings is 1. The van der Waals surface area contributed by atoms with Crippen molar-refractivity contribution in [2.24, 2.45) is 5.92 Å². The fourth-order valence-electron chi connectivity index (χ4n) is 2.95. The molecule has 27 heavy (non-hydrogen) atoms. The first kappa shape index (κ1) is 19.6. The molecular formula is C19H20ClFN2O3S. The molecule has 1 N–H and O–H groups in total. The number of carbonyl (C=O) groups excluding carboxylic acids is 1. The fraction of sp³-hybridized carbons (Fsp3) is 0.316. The van der Waals surface area contributed by atoms with Crippen LogP contribution in [-0.4, -0.2) is 32.3 Å². The Morgan fingerprint density at radius 2 is 1.78 bits per heavy atom. The van der Waals surface area contributed by atoms with E-state index in [-0.39, 0.29) is 21.5 Å². The molecule has 1 fully saturated rings. The molecule has 0 aromatic heterocycles. The van der Waals surface area contributed by atoms with Crippen LogP contribution in [0.4, 0.5) is 10.1 Å². The predicted octanol–water partition coefficient (Wildman–Crippen LogP) is 4.15. The zero-order valence-corrected chi connectivity index (χ0v) is 16.4. The summed E-state index contributed by atoms with van der Waals surface area (Å²) in [5.41, 5.74) is 0.475. The van der Waals surface area contributed by atoms with Crippen molar-refractivity contribution in [2.75, 3.05) is 17.8 Å². The Hall–Kier alpha value is -2.12. The van der Waals surface area contributed by atoms with Gasteiger partial charge in [0.2, 0.25) is 0 Å². The smallest absolute Gasteiger partial charge is 0.261 e. The number of hydrogen-bond donors (Lipinski definition) is 1. The highest BCUT2D eigenvalue weighted by Gasteiger charge is 2.23. The van der Waals surface area contributed by atoms with E-state index in [1.807, 2.05) is 0 Å². The van der Waals surface area contributed by atoms with Crippen LogP contribution in [0.3, 0.4) is 0 Å². The number of halogens is 2. The summed E-state index contributed by atoms with van der Waals surface area (Å²) in [6.45, 7) is 3.52. The van der Waals surface area contributed by atoms with Crippen molar-refractivity contribution in [2.45, 2.75) is 24.7 Å². The van der Waals surface area contributed by atoms with Gasteiger partial charge in [0.15, 0.2) is 0 Å². The number of nitrogens with zero attached hydrogens (tertiary/aromatic N) is 1. The second-order valence-corrected chi connectivity index (χ2v) is 8.82. The molecule has 1 aliphatic rings. The Morgan fingerprint density at radius 1 is 1.15 bits per heavy atom. The second-order valence-electron chi connectivity index (χ2n) is 6.73. The summed E-state index contributed by atoms with van der Waals surface area (Å²) < 4.78 is 40.4. The number of carbonyl (C=O) groups is 1. The van der Waals surface area contributed by atoms with Gasteiger partial charge < -0.3 is 4.90 Å². The van der Waals surface area contributed by atoms with Crippen LogP contribution < -0.4 is 4.72 Å². The Balaban J connectivity index is 1.83. The molecule has 5 nitrogen and oxygen atoms in total. The topological polar surface area (TPSA) is 66.5 Å². The van der Waals surface area contributed by atoms with Crippen LogP contribution in [0.2, 0.25) is 5.02 Å². The first-order valence-electron chi connectivity index (χ1n) is 8.63. The molecule has 1 saturated heterocycles. The van der Waals surface area contributed by atoms with Gasteiger partial charge in [-0.25, -0.2) is 12.8 Å². The van der Waals surface area contributed by atoms with Crippen LogP contribution in [0, 0.1) is 11.7 Å². The number of nitrogens with one attached hydrogen (secondary N) is 1. The van der Waals surface area contributed by atoms with Gasteiger partial charge in [-0.1, -0.05) is 18.5 Å². The molecule has 0 radical (unpaired) electrons. The molecule has 0 unspecified atom stereocenters. The zero-order chi connectivity index (χ0) is 19.6. The van der Waals surface area contributed by atoms with E-state index in [0.717, 1.165) is 37.1 Å². The maximum atomic E-state index is 13.0. The molecule has 2 aromatic carbocycles. The van der Waals surface area contributed by atoms with E-state index < -0.39 is 15.8 Å². The maximum Gasteiger partial charge on any atom is 0.261 e. The quantitative estimate of drug-likeness (QED) is 0.823. The van der Waals surface area contributed by atoms with E-state index in [0.29, 0.717) is 24.6 Å². The minimum Gasteiger partial charge on any atom is -0.339 e. The third kappa shape index (κ3) is 4.59. The number of likely N-dealkylation sites (tertiary alicyclic amines) is 1. The van der Waals surface area contributed by atoms with Crippen molar-refractivity contribution in [3.05, 3.63) is 58.9 Å². The lowest BCUT2D eigenvalue weighted by Gasteiger charge is -2.30. The average Bonchev–Trinajstić information content (AvgIpc) is 2.64. The molecule has 144 valence electrons. The molecule has 0 aliphatic carbocycles. The lowest BCUT2D eigenvalue weighted by Crippen LogP contribution is -2.37. The van der Waals surface area contributed by atoms with Crippen molar-refractivity contribution < 1.29 is 17.6 Å². The van der Waals surface area contributed by atoms with E-state index in [1.165, 1.54) is 12.1 Å². The highest BCUT2D eigenvalue weighted by molar-refractivity contribution is 7.92. The molecule has 1 amide bonds. The average molecular weight is 411 g/mol.